The van der Waals surface area contributed by atoms with E-state index in [0.717, 1.165) is 0 Å². The lowest BCUT2D eigenvalue weighted by atomic mass is 10.1. The minimum atomic E-state index is -2.05. The van der Waals surface area contributed by atoms with E-state index in [0.29, 0.717) is 0 Å². The van der Waals surface area contributed by atoms with E-state index < -0.39 is 30.9 Å². The molecule has 96 valence electrons. The maximum Gasteiger partial charge on any atom is 0.513 e. The summed E-state index contributed by atoms with van der Waals surface area (Å²) in [6, 6.07) is 0. The smallest absolute Gasteiger partial charge is 0.402 e. The monoisotopic (exact) mass is 238 g/mol. The Morgan fingerprint density at radius 2 is 1.94 bits per heavy atom. The van der Waals surface area contributed by atoms with Crippen molar-refractivity contribution in [3.63, 3.8) is 0 Å². The molecule has 0 aromatic carbocycles. The zero-order valence-corrected chi connectivity index (χ0v) is 9.29. The van der Waals surface area contributed by atoms with Crippen molar-refractivity contribution in [2.75, 3.05) is 6.61 Å². The first-order valence-corrected chi connectivity index (χ1v) is 4.98. The Kier molecular flexibility index (Phi) is 6.27. The van der Waals surface area contributed by atoms with E-state index in [4.69, 9.17) is 10.2 Å². The molecule has 0 spiro atoms. The van der Waals surface area contributed by atoms with E-state index in [2.05, 4.69) is 9.47 Å². The number of hydrogen-bond acceptors (Lipinski definition) is 7. The van der Waals surface area contributed by atoms with Crippen LogP contribution < -0.4 is 0 Å². The lowest BCUT2D eigenvalue weighted by Crippen LogP contribution is -2.46. The largest absolute Gasteiger partial charge is 0.513 e. The van der Waals surface area contributed by atoms with E-state index in [1.54, 1.807) is 6.92 Å². The summed E-state index contributed by atoms with van der Waals surface area (Å²) >= 11 is 0. The van der Waals surface area contributed by atoms with Crippen molar-refractivity contribution < 1.29 is 34.7 Å². The maximum absolute atomic E-state index is 11.0. The first kappa shape index (κ1) is 15.1. The quantitative estimate of drug-likeness (QED) is 0.358. The van der Waals surface area contributed by atoms with Gasteiger partial charge in [0.15, 0.2) is 0 Å². The number of carbonyl (C=O) groups excluding carboxylic acids is 1. The summed E-state index contributed by atoms with van der Waals surface area (Å²) in [5.41, 5.74) is 0. The van der Waals surface area contributed by atoms with Crippen LogP contribution in [0.3, 0.4) is 0 Å². The molecule has 0 rings (SSSR count). The topological polar surface area (TPSA) is 116 Å². The van der Waals surface area contributed by atoms with Gasteiger partial charge in [0.2, 0.25) is 12.1 Å². The van der Waals surface area contributed by atoms with Gasteiger partial charge >= 0.3 is 6.16 Å². The molecule has 0 saturated heterocycles. The van der Waals surface area contributed by atoms with Crippen LogP contribution in [0.1, 0.15) is 26.7 Å². The predicted octanol–water partition coefficient (Wildman–Crippen LogP) is -0.680. The van der Waals surface area contributed by atoms with Crippen LogP contribution in [0.4, 0.5) is 4.79 Å². The van der Waals surface area contributed by atoms with Crippen molar-refractivity contribution in [2.24, 2.45) is 0 Å². The number of aliphatic hydroxyl groups excluding tert-OH is 3. The second-order valence-corrected chi connectivity index (χ2v) is 3.23. The van der Waals surface area contributed by atoms with E-state index in [-0.39, 0.29) is 12.8 Å². The molecule has 0 aliphatic heterocycles. The molecule has 0 amide bonds. The number of carbonyl (C=O) groups is 1. The van der Waals surface area contributed by atoms with Crippen LogP contribution in [-0.4, -0.2) is 51.4 Å². The Morgan fingerprint density at radius 3 is 2.31 bits per heavy atom. The highest BCUT2D eigenvalue weighted by molar-refractivity contribution is 5.60. The molecule has 16 heavy (non-hydrogen) atoms. The molecule has 0 aromatic rings. The summed E-state index contributed by atoms with van der Waals surface area (Å²) in [6.45, 7) is 2.33. The molecule has 0 aromatic heterocycles. The van der Waals surface area contributed by atoms with Gasteiger partial charge in [0, 0.05) is 6.42 Å². The van der Waals surface area contributed by atoms with E-state index in [1.807, 2.05) is 0 Å². The van der Waals surface area contributed by atoms with Gasteiger partial charge in [0.05, 0.1) is 0 Å². The summed E-state index contributed by atoms with van der Waals surface area (Å²) in [7, 11) is 0. The highest BCUT2D eigenvalue weighted by Crippen LogP contribution is 2.20. The van der Waals surface area contributed by atoms with E-state index in [9.17, 15) is 15.0 Å². The third-order valence-electron chi connectivity index (χ3n) is 2.06. The summed E-state index contributed by atoms with van der Waals surface area (Å²) in [4.78, 5) is 11.0. The molecule has 0 heterocycles. The first-order chi connectivity index (χ1) is 7.39. The molecule has 0 radical (unpaired) electrons. The number of ether oxygens (including phenoxy) is 2. The number of rotatable bonds is 6. The molecule has 3 atom stereocenters. The fourth-order valence-electron chi connectivity index (χ4n) is 1.01. The van der Waals surface area contributed by atoms with Crippen LogP contribution in [0.15, 0.2) is 0 Å². The van der Waals surface area contributed by atoms with Crippen molar-refractivity contribution in [1.29, 1.82) is 0 Å². The summed E-state index contributed by atoms with van der Waals surface area (Å²) in [6.07, 6.45) is -4.19. The van der Waals surface area contributed by atoms with Gasteiger partial charge in [-0.2, -0.15) is 0 Å². The fourth-order valence-corrected chi connectivity index (χ4v) is 1.01. The van der Waals surface area contributed by atoms with Gasteiger partial charge in [0.25, 0.3) is 0 Å². The van der Waals surface area contributed by atoms with Crippen molar-refractivity contribution in [3.8, 4) is 0 Å². The van der Waals surface area contributed by atoms with Gasteiger partial charge < -0.3 is 29.9 Å². The normalized spacial score (nSPS) is 18.4. The van der Waals surface area contributed by atoms with Gasteiger partial charge in [-0.1, -0.05) is 13.8 Å². The van der Waals surface area contributed by atoms with E-state index in [1.165, 1.54) is 6.92 Å². The van der Waals surface area contributed by atoms with Crippen molar-refractivity contribution in [1.82, 2.24) is 0 Å². The number of aliphatic hydroxyl groups is 4. The van der Waals surface area contributed by atoms with Crippen LogP contribution in [0.2, 0.25) is 0 Å². The van der Waals surface area contributed by atoms with Crippen LogP contribution >= 0.6 is 0 Å². The average molecular weight is 238 g/mol. The molecule has 4 N–H and O–H groups in total. The van der Waals surface area contributed by atoms with Crippen molar-refractivity contribution in [3.05, 3.63) is 0 Å². The van der Waals surface area contributed by atoms with Crippen molar-refractivity contribution in [2.45, 2.75) is 44.9 Å². The lowest BCUT2D eigenvalue weighted by molar-refractivity contribution is -0.243. The molecule has 0 aliphatic carbocycles. The molecule has 7 heteroatoms. The van der Waals surface area contributed by atoms with Gasteiger partial charge in [0.1, 0.15) is 12.7 Å². The van der Waals surface area contributed by atoms with Gasteiger partial charge in [-0.05, 0) is 6.42 Å². The van der Waals surface area contributed by atoms with Crippen LogP contribution in [-0.2, 0) is 9.47 Å². The van der Waals surface area contributed by atoms with Crippen molar-refractivity contribution >= 4 is 6.16 Å². The lowest BCUT2D eigenvalue weighted by Gasteiger charge is -2.30. The Hall–Kier alpha value is -0.890. The van der Waals surface area contributed by atoms with E-state index >= 15 is 0 Å². The fraction of sp³-hybridized carbons (Fsp3) is 0.889. The molecular formula is C9H18O7. The molecule has 0 bridgehead atoms. The molecule has 0 aliphatic rings. The Morgan fingerprint density at radius 1 is 1.38 bits per heavy atom. The first-order valence-electron chi connectivity index (χ1n) is 4.98. The second-order valence-electron chi connectivity index (χ2n) is 3.23. The molecular weight excluding hydrogens is 220 g/mol. The molecule has 7 nitrogen and oxygen atoms in total. The summed E-state index contributed by atoms with van der Waals surface area (Å²) in [5.74, 6) is -2.05. The Balaban J connectivity index is 4.36. The molecule has 0 fully saturated rings. The minimum Gasteiger partial charge on any atom is -0.402 e. The molecule has 0 saturated carbocycles. The zero-order chi connectivity index (χ0) is 12.8. The highest BCUT2D eigenvalue weighted by Gasteiger charge is 2.38. The average Bonchev–Trinajstić information content (AvgIpc) is 2.27. The molecule has 3 unspecified atom stereocenters. The third-order valence-corrected chi connectivity index (χ3v) is 2.06. The Labute approximate surface area is 93.2 Å². The summed E-state index contributed by atoms with van der Waals surface area (Å²) < 4.78 is 8.65. The van der Waals surface area contributed by atoms with Gasteiger partial charge in [-0.3, -0.25) is 0 Å². The zero-order valence-electron chi connectivity index (χ0n) is 9.29. The van der Waals surface area contributed by atoms with Crippen LogP contribution in [0.25, 0.3) is 0 Å². The number of hydrogen-bond donors (Lipinski definition) is 4. The highest BCUT2D eigenvalue weighted by atomic mass is 16.8. The third kappa shape index (κ3) is 4.31. The maximum atomic E-state index is 11.0. The SMILES string of the molecule is CCC(O)C(O)(CC)OC(=O)OC(O)CO. The minimum absolute atomic E-state index is 0.0354. The van der Waals surface area contributed by atoms with Crippen LogP contribution in [0.5, 0.6) is 0 Å². The standard InChI is InChI=1S/C9H18O7/c1-3-6(11)9(14,4-2)16-8(13)15-7(12)5-10/h6-7,10-12,14H,3-5H2,1-2H3. The Bertz CT molecular complexity index is 220. The second kappa shape index (κ2) is 6.64. The van der Waals surface area contributed by atoms with Gasteiger partial charge in [-0.15, -0.1) is 0 Å². The predicted molar refractivity (Wildman–Crippen MR) is 52.2 cm³/mol. The van der Waals surface area contributed by atoms with Crippen LogP contribution in [0, 0.1) is 0 Å². The summed E-state index contributed by atoms with van der Waals surface area (Å²) in [5, 5.41) is 36.3. The van der Waals surface area contributed by atoms with Gasteiger partial charge in [-0.25, -0.2) is 4.79 Å².